The molecular formula is C20H19F3N6O5. The SMILES string of the molecule is Cc1nc2nc(C(F)(F)F)nn2c(C)c1CCC(=O)OC(C)C(=O)Nc1cccc([N+](=O)[O-])c1. The summed E-state index contributed by atoms with van der Waals surface area (Å²) in [5.41, 5.74) is 1.18. The zero-order valence-corrected chi connectivity index (χ0v) is 18.2. The molecule has 1 unspecified atom stereocenters. The van der Waals surface area contributed by atoms with Gasteiger partial charge in [0.1, 0.15) is 0 Å². The third-order valence-electron chi connectivity index (χ3n) is 4.88. The maximum absolute atomic E-state index is 12.9. The number of nitro benzene ring substituents is 1. The minimum absolute atomic E-state index is 0.0832. The number of aromatic nitrogens is 4. The van der Waals surface area contributed by atoms with E-state index in [1.54, 1.807) is 6.92 Å². The monoisotopic (exact) mass is 480 g/mol. The second kappa shape index (κ2) is 9.41. The number of fused-ring (bicyclic) bond motifs is 1. The summed E-state index contributed by atoms with van der Waals surface area (Å²) in [6, 6.07) is 5.27. The zero-order chi connectivity index (χ0) is 25.2. The van der Waals surface area contributed by atoms with Crippen LogP contribution in [0.25, 0.3) is 5.78 Å². The Kier molecular flexibility index (Phi) is 6.79. The Balaban J connectivity index is 1.63. The van der Waals surface area contributed by atoms with E-state index in [1.807, 2.05) is 0 Å². The van der Waals surface area contributed by atoms with Gasteiger partial charge in [0.2, 0.25) is 0 Å². The number of nitro groups is 1. The molecule has 0 aliphatic rings. The molecule has 1 aromatic carbocycles. The number of benzene rings is 1. The molecule has 3 aromatic rings. The predicted molar refractivity (Wildman–Crippen MR) is 111 cm³/mol. The third kappa shape index (κ3) is 5.44. The van der Waals surface area contributed by atoms with Gasteiger partial charge >= 0.3 is 12.1 Å². The summed E-state index contributed by atoms with van der Waals surface area (Å²) in [4.78, 5) is 42.2. The van der Waals surface area contributed by atoms with Crippen molar-refractivity contribution in [1.29, 1.82) is 0 Å². The molecule has 1 amide bonds. The van der Waals surface area contributed by atoms with Crippen molar-refractivity contribution in [1.82, 2.24) is 19.6 Å². The van der Waals surface area contributed by atoms with Crippen molar-refractivity contribution in [2.75, 3.05) is 5.32 Å². The Hall–Kier alpha value is -4.10. The summed E-state index contributed by atoms with van der Waals surface area (Å²) in [6.45, 7) is 4.44. The Labute approximate surface area is 190 Å². The van der Waals surface area contributed by atoms with Crippen LogP contribution in [0.4, 0.5) is 24.5 Å². The number of amides is 1. The van der Waals surface area contributed by atoms with Crippen molar-refractivity contribution in [2.45, 2.75) is 45.9 Å². The summed E-state index contributed by atoms with van der Waals surface area (Å²) in [5, 5.41) is 16.7. The van der Waals surface area contributed by atoms with Gasteiger partial charge in [-0.2, -0.15) is 18.2 Å². The number of ether oxygens (including phenoxy) is 1. The lowest BCUT2D eigenvalue weighted by Gasteiger charge is -2.14. The number of carbonyl (C=O) groups is 2. The highest BCUT2D eigenvalue weighted by atomic mass is 19.4. The Bertz CT molecular complexity index is 1270. The Morgan fingerprint density at radius 2 is 1.97 bits per heavy atom. The highest BCUT2D eigenvalue weighted by Gasteiger charge is 2.37. The van der Waals surface area contributed by atoms with Crippen LogP contribution in [0, 0.1) is 24.0 Å². The summed E-state index contributed by atoms with van der Waals surface area (Å²) in [5.74, 6) is -2.94. The van der Waals surface area contributed by atoms with Crippen LogP contribution < -0.4 is 5.32 Å². The van der Waals surface area contributed by atoms with Crippen molar-refractivity contribution < 1.29 is 32.4 Å². The van der Waals surface area contributed by atoms with Crippen molar-refractivity contribution in [3.05, 3.63) is 57.2 Å². The first-order chi connectivity index (χ1) is 15.9. The minimum Gasteiger partial charge on any atom is -0.453 e. The van der Waals surface area contributed by atoms with Gasteiger partial charge < -0.3 is 10.1 Å². The molecule has 2 heterocycles. The molecule has 0 bridgehead atoms. The lowest BCUT2D eigenvalue weighted by molar-refractivity contribution is -0.384. The van der Waals surface area contributed by atoms with Gasteiger partial charge in [0.15, 0.2) is 6.10 Å². The third-order valence-corrected chi connectivity index (χ3v) is 4.88. The Morgan fingerprint density at radius 3 is 2.62 bits per heavy atom. The maximum atomic E-state index is 12.9. The average Bonchev–Trinajstić information content (AvgIpc) is 3.18. The zero-order valence-electron chi connectivity index (χ0n) is 18.2. The summed E-state index contributed by atoms with van der Waals surface area (Å²) >= 11 is 0. The summed E-state index contributed by atoms with van der Waals surface area (Å²) in [6.07, 6.45) is -6.01. The van der Waals surface area contributed by atoms with Crippen LogP contribution in [0.1, 0.15) is 36.1 Å². The number of non-ortho nitro benzene ring substituents is 1. The first kappa shape index (κ1) is 24.5. The molecular weight excluding hydrogens is 461 g/mol. The van der Waals surface area contributed by atoms with Crippen LogP contribution in [0.3, 0.4) is 0 Å². The standard InChI is InChI=1S/C20H19F3N6O5/c1-10-15(11(2)28-19(24-10)26-18(27-28)20(21,22)23)7-8-16(30)34-12(3)17(31)25-13-5-4-6-14(9-13)29(32)33/h4-6,9,12H,7-8H2,1-3H3,(H,25,31). The van der Waals surface area contributed by atoms with Gasteiger partial charge in [-0.3, -0.25) is 19.7 Å². The first-order valence-electron chi connectivity index (χ1n) is 9.91. The quantitative estimate of drug-likeness (QED) is 0.309. The van der Waals surface area contributed by atoms with E-state index in [1.165, 1.54) is 32.0 Å². The molecule has 3 rings (SSSR count). The van der Waals surface area contributed by atoms with E-state index in [0.717, 1.165) is 10.6 Å². The molecule has 0 aliphatic carbocycles. The van der Waals surface area contributed by atoms with Gasteiger partial charge in [-0.1, -0.05) is 6.07 Å². The molecule has 0 saturated carbocycles. The van der Waals surface area contributed by atoms with E-state index in [2.05, 4.69) is 20.4 Å². The largest absolute Gasteiger partial charge is 0.453 e. The number of esters is 1. The number of hydrogen-bond acceptors (Lipinski definition) is 8. The number of nitrogens with zero attached hydrogens (tertiary/aromatic N) is 5. The second-order valence-corrected chi connectivity index (χ2v) is 7.33. The van der Waals surface area contributed by atoms with Gasteiger partial charge in [-0.05, 0) is 38.8 Å². The number of hydrogen-bond donors (Lipinski definition) is 1. The fourth-order valence-corrected chi connectivity index (χ4v) is 3.17. The van der Waals surface area contributed by atoms with Crippen molar-refractivity contribution in [3.8, 4) is 0 Å². The highest BCUT2D eigenvalue weighted by Crippen LogP contribution is 2.27. The average molecular weight is 480 g/mol. The van der Waals surface area contributed by atoms with Crippen LogP contribution in [-0.4, -0.2) is 42.5 Å². The van der Waals surface area contributed by atoms with E-state index >= 15 is 0 Å². The van der Waals surface area contributed by atoms with Gasteiger partial charge in [0.05, 0.1) is 4.92 Å². The molecule has 1 N–H and O–H groups in total. The number of aryl methyl sites for hydroxylation is 2. The number of carbonyl (C=O) groups excluding carboxylic acids is 2. The van der Waals surface area contributed by atoms with Crippen molar-refractivity contribution in [2.24, 2.45) is 0 Å². The van der Waals surface area contributed by atoms with Crippen LogP contribution in [0.15, 0.2) is 24.3 Å². The van der Waals surface area contributed by atoms with E-state index in [9.17, 15) is 32.9 Å². The van der Waals surface area contributed by atoms with E-state index in [4.69, 9.17) is 4.74 Å². The first-order valence-corrected chi connectivity index (χ1v) is 9.91. The highest BCUT2D eigenvalue weighted by molar-refractivity contribution is 5.95. The van der Waals surface area contributed by atoms with E-state index < -0.39 is 34.9 Å². The minimum atomic E-state index is -4.72. The topological polar surface area (TPSA) is 142 Å². The number of nitrogens with one attached hydrogen (secondary N) is 1. The molecule has 2 aromatic heterocycles. The molecule has 34 heavy (non-hydrogen) atoms. The molecule has 0 radical (unpaired) electrons. The van der Waals surface area contributed by atoms with Crippen LogP contribution in [-0.2, 0) is 26.9 Å². The van der Waals surface area contributed by atoms with Crippen LogP contribution in [0.2, 0.25) is 0 Å². The molecule has 0 fully saturated rings. The number of anilines is 1. The number of rotatable bonds is 7. The molecule has 180 valence electrons. The van der Waals surface area contributed by atoms with Crippen molar-refractivity contribution in [3.63, 3.8) is 0 Å². The normalized spacial score (nSPS) is 12.4. The van der Waals surface area contributed by atoms with Gasteiger partial charge in [0, 0.05) is 35.6 Å². The molecule has 0 saturated heterocycles. The summed E-state index contributed by atoms with van der Waals surface area (Å²) < 4.78 is 44.8. The number of halogens is 3. The summed E-state index contributed by atoms with van der Waals surface area (Å²) in [7, 11) is 0. The molecule has 0 aliphatic heterocycles. The predicted octanol–water partition coefficient (Wildman–Crippen LogP) is 3.17. The smallest absolute Gasteiger partial charge is 0.453 e. The van der Waals surface area contributed by atoms with Crippen LogP contribution >= 0.6 is 0 Å². The lowest BCUT2D eigenvalue weighted by Crippen LogP contribution is -2.30. The van der Waals surface area contributed by atoms with Gasteiger partial charge in [0.25, 0.3) is 23.2 Å². The van der Waals surface area contributed by atoms with E-state index in [-0.39, 0.29) is 30.0 Å². The fourth-order valence-electron chi connectivity index (χ4n) is 3.17. The van der Waals surface area contributed by atoms with Gasteiger partial charge in [-0.25, -0.2) is 9.50 Å². The van der Waals surface area contributed by atoms with Crippen LogP contribution in [0.5, 0.6) is 0 Å². The van der Waals surface area contributed by atoms with Crippen molar-refractivity contribution >= 4 is 29.0 Å². The Morgan fingerprint density at radius 1 is 1.26 bits per heavy atom. The van der Waals surface area contributed by atoms with Gasteiger partial charge in [-0.15, -0.1) is 5.10 Å². The molecule has 1 atom stereocenters. The second-order valence-electron chi connectivity index (χ2n) is 7.33. The maximum Gasteiger partial charge on any atom is 0.453 e. The number of alkyl halides is 3. The van der Waals surface area contributed by atoms with E-state index in [0.29, 0.717) is 17.0 Å². The molecule has 0 spiro atoms. The molecule has 11 nitrogen and oxygen atoms in total. The molecule has 14 heteroatoms. The lowest BCUT2D eigenvalue weighted by atomic mass is 10.1. The fraction of sp³-hybridized carbons (Fsp3) is 0.350.